The van der Waals surface area contributed by atoms with E-state index in [9.17, 15) is 50.6 Å². The van der Waals surface area contributed by atoms with Gasteiger partial charge in [0.15, 0.2) is 0 Å². The van der Waals surface area contributed by atoms with Crippen molar-refractivity contribution < 1.29 is 24.6 Å². The number of aryl methyl sites for hydroxylation is 2. The quantitative estimate of drug-likeness (QED) is 0.0280. The van der Waals surface area contributed by atoms with Gasteiger partial charge in [0.25, 0.3) is 28.4 Å². The Morgan fingerprint density at radius 2 is 0.629 bits per heavy atom. The number of hydrogen-bond acceptors (Lipinski definition) is 13. The van der Waals surface area contributed by atoms with Gasteiger partial charge in [-0.25, -0.2) is 0 Å². The minimum Gasteiger partial charge on any atom is -0.380 e. The molecule has 70 heavy (non-hydrogen) atoms. The third-order valence-corrected chi connectivity index (χ3v) is 10.3. The van der Waals surface area contributed by atoms with E-state index in [2.05, 4.69) is 36.7 Å². The minimum absolute atomic E-state index is 0.124. The van der Waals surface area contributed by atoms with Gasteiger partial charge in [-0.15, -0.1) is 0 Å². The zero-order valence-electron chi connectivity index (χ0n) is 41.4. The molecular weight excluding hydrogens is 897 g/mol. The SMILES string of the molecule is CCCCCCCc1ccccc1[N+](=O)[O-].CCCCCNc1ccccc1[N+](=O)[O-].CCCCCc1ccccc1[N+](=O)[O-].CCCNc1ccccc1[N+](=O)[O-].CCNc1ccccc1[N+](=O)[O-]. The van der Waals surface area contributed by atoms with Crippen molar-refractivity contribution >= 4 is 45.5 Å². The molecule has 0 heterocycles. The highest BCUT2D eigenvalue weighted by molar-refractivity contribution is 5.62. The number of nitrogens with one attached hydrogen (secondary N) is 3. The average molecular weight is 969 g/mol. The van der Waals surface area contributed by atoms with Crippen LogP contribution in [-0.4, -0.2) is 44.3 Å². The van der Waals surface area contributed by atoms with Crippen LogP contribution < -0.4 is 16.0 Å². The van der Waals surface area contributed by atoms with Crippen LogP contribution in [0.1, 0.15) is 123 Å². The molecule has 0 fully saturated rings. The molecular formula is C52H72N8O10. The van der Waals surface area contributed by atoms with Gasteiger partial charge < -0.3 is 16.0 Å². The molecule has 0 aliphatic carbocycles. The Bertz CT molecular complexity index is 2300. The van der Waals surface area contributed by atoms with Crippen molar-refractivity contribution in [2.24, 2.45) is 0 Å². The van der Waals surface area contributed by atoms with E-state index in [0.717, 1.165) is 88.4 Å². The number of hydrogen-bond donors (Lipinski definition) is 3. The van der Waals surface area contributed by atoms with Crippen LogP contribution in [0.5, 0.6) is 0 Å². The van der Waals surface area contributed by atoms with Crippen LogP contribution in [0.4, 0.5) is 45.5 Å². The third-order valence-electron chi connectivity index (χ3n) is 10.3. The second-order valence-electron chi connectivity index (χ2n) is 15.8. The summed E-state index contributed by atoms with van der Waals surface area (Å²) in [5, 5.41) is 62.1. The highest BCUT2D eigenvalue weighted by Crippen LogP contribution is 2.25. The van der Waals surface area contributed by atoms with E-state index >= 15 is 0 Å². The molecule has 0 aromatic heterocycles. The molecule has 0 radical (unpaired) electrons. The number of benzene rings is 5. The lowest BCUT2D eigenvalue weighted by Gasteiger charge is -2.05. The van der Waals surface area contributed by atoms with Crippen LogP contribution in [0, 0.1) is 50.6 Å². The fraction of sp³-hybridized carbons (Fsp3) is 0.423. The minimum atomic E-state index is -0.391. The number of anilines is 3. The molecule has 0 bridgehead atoms. The van der Waals surface area contributed by atoms with Gasteiger partial charge in [0.1, 0.15) is 17.1 Å². The van der Waals surface area contributed by atoms with E-state index in [0.29, 0.717) is 23.6 Å². The van der Waals surface area contributed by atoms with Crippen molar-refractivity contribution in [2.45, 2.75) is 125 Å². The molecule has 0 aliphatic rings. The largest absolute Gasteiger partial charge is 0.380 e. The maximum Gasteiger partial charge on any atom is 0.292 e. The van der Waals surface area contributed by atoms with Gasteiger partial charge in [-0.05, 0) is 63.6 Å². The molecule has 380 valence electrons. The Kier molecular flexibility index (Phi) is 32.4. The normalized spacial score (nSPS) is 9.90. The predicted octanol–water partition coefficient (Wildman–Crippen LogP) is 15.1. The number of nitro groups is 5. The number of para-hydroxylation sites is 8. The van der Waals surface area contributed by atoms with Crippen LogP contribution in [0.15, 0.2) is 121 Å². The maximum atomic E-state index is 10.8. The van der Waals surface area contributed by atoms with E-state index in [1.807, 2.05) is 38.1 Å². The van der Waals surface area contributed by atoms with Crippen molar-refractivity contribution in [3.63, 3.8) is 0 Å². The Hall–Kier alpha value is -7.50. The number of unbranched alkanes of at least 4 members (excludes halogenated alkanes) is 8. The fourth-order valence-corrected chi connectivity index (χ4v) is 6.68. The molecule has 0 amide bonds. The average Bonchev–Trinajstić information content (AvgIpc) is 3.36. The van der Waals surface area contributed by atoms with Crippen molar-refractivity contribution in [3.05, 3.63) is 183 Å². The first-order valence-corrected chi connectivity index (χ1v) is 24.1. The van der Waals surface area contributed by atoms with Crippen LogP contribution >= 0.6 is 0 Å². The van der Waals surface area contributed by atoms with Gasteiger partial charge >= 0.3 is 0 Å². The van der Waals surface area contributed by atoms with E-state index < -0.39 is 4.92 Å². The second kappa shape index (κ2) is 37.5. The molecule has 0 unspecified atom stereocenters. The highest BCUT2D eigenvalue weighted by Gasteiger charge is 2.14. The summed E-state index contributed by atoms with van der Waals surface area (Å²) in [4.78, 5) is 51.4. The second-order valence-corrected chi connectivity index (χ2v) is 15.8. The maximum absolute atomic E-state index is 10.8. The summed E-state index contributed by atoms with van der Waals surface area (Å²) >= 11 is 0. The van der Waals surface area contributed by atoms with Crippen LogP contribution in [-0.2, 0) is 12.8 Å². The first-order chi connectivity index (χ1) is 33.8. The third kappa shape index (κ3) is 25.0. The van der Waals surface area contributed by atoms with Crippen molar-refractivity contribution in [1.29, 1.82) is 0 Å². The molecule has 5 rings (SSSR count). The van der Waals surface area contributed by atoms with Crippen LogP contribution in [0.25, 0.3) is 0 Å². The van der Waals surface area contributed by atoms with Crippen LogP contribution in [0.3, 0.4) is 0 Å². The molecule has 5 aromatic rings. The molecule has 3 N–H and O–H groups in total. The lowest BCUT2D eigenvalue weighted by molar-refractivity contribution is -0.385. The fourth-order valence-electron chi connectivity index (χ4n) is 6.68. The smallest absolute Gasteiger partial charge is 0.292 e. The molecule has 18 nitrogen and oxygen atoms in total. The lowest BCUT2D eigenvalue weighted by atomic mass is 10.0. The Morgan fingerprint density at radius 3 is 1.00 bits per heavy atom. The summed E-state index contributed by atoms with van der Waals surface area (Å²) in [6.45, 7) is 12.6. The zero-order chi connectivity index (χ0) is 51.9. The zero-order valence-corrected chi connectivity index (χ0v) is 41.4. The first-order valence-electron chi connectivity index (χ1n) is 24.1. The van der Waals surface area contributed by atoms with E-state index in [-0.39, 0.29) is 48.1 Å². The van der Waals surface area contributed by atoms with Gasteiger partial charge in [-0.2, -0.15) is 0 Å². The highest BCUT2D eigenvalue weighted by atomic mass is 16.6. The Labute approximate surface area is 412 Å². The number of nitrogens with zero attached hydrogens (tertiary/aromatic N) is 5. The summed E-state index contributed by atoms with van der Waals surface area (Å²) < 4.78 is 0. The van der Waals surface area contributed by atoms with Gasteiger partial charge in [0, 0.05) is 61.1 Å². The molecule has 0 aliphatic heterocycles. The first kappa shape index (κ1) is 60.5. The Balaban J connectivity index is 0.000000439. The van der Waals surface area contributed by atoms with E-state index in [1.165, 1.54) is 43.9 Å². The standard InChI is InChI=1S/C13H19NO2.C11H16N2O2.C11H15NO2.C9H12N2O2.C8H10N2O2/c1-2-3-4-5-6-9-12-10-7-8-11-13(12)14(15)16;1-2-3-6-9-12-10-7-4-5-8-11(10)13(14)15;1-2-3-4-7-10-8-5-6-9-11(10)12(13)14;1-2-7-10-8-5-3-4-6-9(8)11(12)13;1-2-9-7-5-3-4-6-8(7)10(11)12/h7-8,10-11H,2-6,9H2,1H3;4-5,7-8,12H,2-3,6,9H2,1H3;5-6,8-9H,2-4,7H2,1H3;3-6,10H,2,7H2,1H3;3-6,9H,2H2,1H3. The molecule has 0 spiro atoms. The Morgan fingerprint density at radius 1 is 0.329 bits per heavy atom. The summed E-state index contributed by atoms with van der Waals surface area (Å²) in [5.41, 5.74) is 4.42. The van der Waals surface area contributed by atoms with Crippen molar-refractivity contribution in [3.8, 4) is 0 Å². The van der Waals surface area contributed by atoms with Crippen molar-refractivity contribution in [2.75, 3.05) is 35.6 Å². The van der Waals surface area contributed by atoms with E-state index in [1.54, 1.807) is 78.9 Å². The molecule has 5 aromatic carbocycles. The van der Waals surface area contributed by atoms with Gasteiger partial charge in [0.2, 0.25) is 0 Å². The summed E-state index contributed by atoms with van der Waals surface area (Å²) in [7, 11) is 0. The lowest BCUT2D eigenvalue weighted by Crippen LogP contribution is -2.03. The van der Waals surface area contributed by atoms with Gasteiger partial charge in [-0.1, -0.05) is 152 Å². The van der Waals surface area contributed by atoms with Gasteiger partial charge in [-0.3, -0.25) is 50.6 Å². The summed E-state index contributed by atoms with van der Waals surface area (Å²) in [6.07, 6.45) is 15.2. The molecule has 0 atom stereocenters. The monoisotopic (exact) mass is 969 g/mol. The molecule has 0 saturated heterocycles. The molecule has 18 heteroatoms. The van der Waals surface area contributed by atoms with Crippen LogP contribution in [0.2, 0.25) is 0 Å². The summed E-state index contributed by atoms with van der Waals surface area (Å²) in [5.74, 6) is 0. The van der Waals surface area contributed by atoms with Crippen molar-refractivity contribution in [1.82, 2.24) is 0 Å². The van der Waals surface area contributed by atoms with E-state index in [4.69, 9.17) is 0 Å². The number of nitro benzene ring substituents is 5. The van der Waals surface area contributed by atoms with Gasteiger partial charge in [0.05, 0.1) is 24.6 Å². The predicted molar refractivity (Wildman–Crippen MR) is 282 cm³/mol. The number of rotatable bonds is 25. The topological polar surface area (TPSA) is 252 Å². The molecule has 0 saturated carbocycles. The summed E-state index contributed by atoms with van der Waals surface area (Å²) in [6, 6.07) is 34.0.